The van der Waals surface area contributed by atoms with Crippen molar-refractivity contribution in [2.45, 2.75) is 63.5 Å². The van der Waals surface area contributed by atoms with Crippen molar-refractivity contribution in [3.8, 4) is 11.1 Å². The first kappa shape index (κ1) is 30.0. The zero-order valence-corrected chi connectivity index (χ0v) is 22.4. The maximum Gasteiger partial charge on any atom is 0.404 e. The number of rotatable bonds is 12. The predicted molar refractivity (Wildman–Crippen MR) is 146 cm³/mol. The number of nitrogens with zero attached hydrogens (tertiary/aromatic N) is 1. The average molecular weight is 543 g/mol. The van der Waals surface area contributed by atoms with Gasteiger partial charge in [-0.1, -0.05) is 43.3 Å². The number of amides is 3. The third kappa shape index (κ3) is 7.54. The minimum absolute atomic E-state index is 0.00579. The summed E-state index contributed by atoms with van der Waals surface area (Å²) in [6.45, 7) is 2.76. The molecule has 212 valence electrons. The molecule has 1 fully saturated rings. The van der Waals surface area contributed by atoms with Crippen LogP contribution in [0.4, 0.5) is 9.18 Å². The van der Waals surface area contributed by atoms with E-state index in [0.29, 0.717) is 42.5 Å². The van der Waals surface area contributed by atoms with E-state index in [-0.39, 0.29) is 38.3 Å². The van der Waals surface area contributed by atoms with Crippen molar-refractivity contribution in [2.75, 3.05) is 19.6 Å². The van der Waals surface area contributed by atoms with Crippen molar-refractivity contribution < 1.29 is 29.0 Å². The molecule has 3 amide bonds. The van der Waals surface area contributed by atoms with Gasteiger partial charge in [-0.25, -0.2) is 9.18 Å². The molecule has 2 aromatic rings. The van der Waals surface area contributed by atoms with Gasteiger partial charge in [-0.2, -0.15) is 0 Å². The van der Waals surface area contributed by atoms with Crippen molar-refractivity contribution in [3.05, 3.63) is 59.4 Å². The van der Waals surface area contributed by atoms with Crippen LogP contribution in [0.1, 0.15) is 56.6 Å². The third-order valence-corrected chi connectivity index (χ3v) is 7.54. The van der Waals surface area contributed by atoms with Gasteiger partial charge in [0.05, 0.1) is 11.6 Å². The first-order valence-corrected chi connectivity index (χ1v) is 13.5. The van der Waals surface area contributed by atoms with Crippen molar-refractivity contribution in [1.82, 2.24) is 10.2 Å². The molecule has 0 aromatic heterocycles. The van der Waals surface area contributed by atoms with Crippen LogP contribution in [0.25, 0.3) is 11.1 Å². The molecule has 1 aliphatic heterocycles. The van der Waals surface area contributed by atoms with Gasteiger partial charge >= 0.3 is 6.09 Å². The van der Waals surface area contributed by atoms with E-state index in [0.717, 1.165) is 12.0 Å². The molecule has 1 heterocycles. The second kappa shape index (κ2) is 13.5. The van der Waals surface area contributed by atoms with Crippen LogP contribution in [-0.2, 0) is 21.6 Å². The number of primary amides is 1. The lowest BCUT2D eigenvalue weighted by atomic mass is 9.72. The van der Waals surface area contributed by atoms with E-state index in [4.69, 9.17) is 16.6 Å². The quantitative estimate of drug-likeness (QED) is 0.259. The first-order valence-electron chi connectivity index (χ1n) is 13.5. The zero-order valence-electron chi connectivity index (χ0n) is 22.4. The minimum Gasteiger partial charge on any atom is -0.465 e. The number of benzene rings is 2. The van der Waals surface area contributed by atoms with Crippen LogP contribution in [0.15, 0.2) is 42.5 Å². The Kier molecular flexibility index (Phi) is 10.4. The lowest BCUT2D eigenvalue weighted by molar-refractivity contribution is -0.138. The van der Waals surface area contributed by atoms with Crippen LogP contribution >= 0.6 is 0 Å². The highest BCUT2D eigenvalue weighted by Gasteiger charge is 2.43. The van der Waals surface area contributed by atoms with Gasteiger partial charge < -0.3 is 31.9 Å². The van der Waals surface area contributed by atoms with Crippen molar-refractivity contribution in [1.29, 1.82) is 0 Å². The number of aliphatic hydroxyl groups is 1. The normalized spacial score (nSPS) is 17.7. The predicted octanol–water partition coefficient (Wildman–Crippen LogP) is 3.12. The van der Waals surface area contributed by atoms with Crippen LogP contribution in [-0.4, -0.2) is 58.7 Å². The molecule has 2 aromatic carbocycles. The number of carbonyl (C=O) groups excluding carboxylic acids is 2. The van der Waals surface area contributed by atoms with E-state index in [1.165, 1.54) is 6.07 Å². The highest BCUT2D eigenvalue weighted by molar-refractivity contribution is 5.83. The summed E-state index contributed by atoms with van der Waals surface area (Å²) in [5.74, 6) is -1.80. The van der Waals surface area contributed by atoms with E-state index in [1.807, 2.05) is 31.2 Å². The lowest BCUT2D eigenvalue weighted by Gasteiger charge is -2.44. The van der Waals surface area contributed by atoms with Gasteiger partial charge in [0, 0.05) is 37.5 Å². The summed E-state index contributed by atoms with van der Waals surface area (Å²) in [4.78, 5) is 36.9. The standard InChI is InChI=1S/C29H39FN4O5/c1-2-19-7-3-8-20(17-19)26-22(10-4-11-23(26)30)29(39,14-6-15-33-28(37)38)21-9-5-16-34(18-21)27(36)24(31)12-13-25(32)35/h3-4,7-8,10-11,17,21,24,33,39H,2,5-6,9,12-16,18,31H2,1H3,(H2,32,35)(H,37,38)/t21-,24+,29+/m1/s1. The van der Waals surface area contributed by atoms with E-state index in [9.17, 15) is 19.5 Å². The van der Waals surface area contributed by atoms with Gasteiger partial charge in [0.25, 0.3) is 0 Å². The highest BCUT2D eigenvalue weighted by atomic mass is 19.1. The number of halogens is 1. The second-order valence-electron chi connectivity index (χ2n) is 10.2. The first-order chi connectivity index (χ1) is 18.6. The van der Waals surface area contributed by atoms with Gasteiger partial charge in [-0.05, 0) is 61.3 Å². The topological polar surface area (TPSA) is 159 Å². The monoisotopic (exact) mass is 542 g/mol. The molecule has 0 bridgehead atoms. The van der Waals surface area contributed by atoms with Crippen LogP contribution in [0, 0.1) is 11.7 Å². The Morgan fingerprint density at radius 1 is 1.23 bits per heavy atom. The number of carbonyl (C=O) groups is 3. The summed E-state index contributed by atoms with van der Waals surface area (Å²) in [5, 5.41) is 23.7. The Hall–Kier alpha value is -3.50. The molecule has 1 saturated heterocycles. The Morgan fingerprint density at radius 2 is 1.97 bits per heavy atom. The Bertz CT molecular complexity index is 1180. The van der Waals surface area contributed by atoms with E-state index >= 15 is 4.39 Å². The van der Waals surface area contributed by atoms with Crippen LogP contribution in [0.2, 0.25) is 0 Å². The number of nitrogens with two attached hydrogens (primary N) is 2. The van der Waals surface area contributed by atoms with Gasteiger partial charge in [0.1, 0.15) is 5.82 Å². The fourth-order valence-corrected chi connectivity index (χ4v) is 5.46. The summed E-state index contributed by atoms with van der Waals surface area (Å²) in [6.07, 6.45) is 1.35. The smallest absolute Gasteiger partial charge is 0.404 e. The van der Waals surface area contributed by atoms with E-state index < -0.39 is 35.4 Å². The Morgan fingerprint density at radius 3 is 2.67 bits per heavy atom. The summed E-state index contributed by atoms with van der Waals surface area (Å²) >= 11 is 0. The molecule has 3 rings (SSSR count). The molecule has 1 aliphatic rings. The fourth-order valence-electron chi connectivity index (χ4n) is 5.46. The minimum atomic E-state index is -1.56. The van der Waals surface area contributed by atoms with Crippen molar-refractivity contribution >= 4 is 17.9 Å². The van der Waals surface area contributed by atoms with Crippen LogP contribution < -0.4 is 16.8 Å². The molecule has 0 aliphatic carbocycles. The highest BCUT2D eigenvalue weighted by Crippen LogP contribution is 2.44. The summed E-state index contributed by atoms with van der Waals surface area (Å²) in [5.41, 5.74) is 12.1. The number of carboxylic acid groups (broad SMARTS) is 1. The molecule has 0 spiro atoms. The Labute approximate surface area is 228 Å². The Balaban J connectivity index is 1.99. The molecule has 39 heavy (non-hydrogen) atoms. The summed E-state index contributed by atoms with van der Waals surface area (Å²) in [7, 11) is 0. The molecule has 0 saturated carbocycles. The fraction of sp³-hybridized carbons (Fsp3) is 0.483. The number of likely N-dealkylation sites (tertiary alicyclic amines) is 1. The molecular weight excluding hydrogens is 503 g/mol. The van der Waals surface area contributed by atoms with Gasteiger partial charge in [0.2, 0.25) is 11.8 Å². The maximum atomic E-state index is 15.5. The van der Waals surface area contributed by atoms with Crippen molar-refractivity contribution in [2.24, 2.45) is 17.4 Å². The molecule has 10 heteroatoms. The van der Waals surface area contributed by atoms with Gasteiger partial charge in [-0.15, -0.1) is 0 Å². The number of hydrogen-bond acceptors (Lipinski definition) is 5. The van der Waals surface area contributed by atoms with E-state index in [1.54, 1.807) is 17.0 Å². The molecule has 0 unspecified atom stereocenters. The van der Waals surface area contributed by atoms with Crippen LogP contribution in [0.5, 0.6) is 0 Å². The molecular formula is C29H39FN4O5. The summed E-state index contributed by atoms with van der Waals surface area (Å²) in [6, 6.07) is 11.3. The lowest BCUT2D eigenvalue weighted by Crippen LogP contribution is -2.52. The molecule has 0 radical (unpaired) electrons. The number of nitrogens with one attached hydrogen (secondary N) is 1. The van der Waals surface area contributed by atoms with Crippen LogP contribution in [0.3, 0.4) is 0 Å². The van der Waals surface area contributed by atoms with Crippen molar-refractivity contribution in [3.63, 3.8) is 0 Å². The number of aryl methyl sites for hydroxylation is 1. The second-order valence-corrected chi connectivity index (χ2v) is 10.2. The van der Waals surface area contributed by atoms with E-state index in [2.05, 4.69) is 5.32 Å². The number of hydrogen-bond donors (Lipinski definition) is 5. The molecule has 3 atom stereocenters. The number of piperidine rings is 1. The SMILES string of the molecule is CCc1cccc(-c2c(F)cccc2[C@](O)(CCCNC(=O)O)[C@@H]2CCCN(C(=O)[C@@H](N)CCC(N)=O)C2)c1. The molecule has 9 nitrogen and oxygen atoms in total. The third-order valence-electron chi connectivity index (χ3n) is 7.54. The molecule has 7 N–H and O–H groups in total. The summed E-state index contributed by atoms with van der Waals surface area (Å²) < 4.78 is 15.5. The maximum absolute atomic E-state index is 15.5. The average Bonchev–Trinajstić information content (AvgIpc) is 2.93. The zero-order chi connectivity index (χ0) is 28.6. The largest absolute Gasteiger partial charge is 0.465 e. The van der Waals surface area contributed by atoms with Gasteiger partial charge in [-0.3, -0.25) is 9.59 Å². The van der Waals surface area contributed by atoms with Gasteiger partial charge in [0.15, 0.2) is 0 Å².